The van der Waals surface area contributed by atoms with Crippen molar-refractivity contribution >= 4 is 34.3 Å². The molecule has 1 fully saturated rings. The number of hydrogen-bond acceptors (Lipinski definition) is 5. The molecule has 0 N–H and O–H groups in total. The third-order valence-corrected chi connectivity index (χ3v) is 4.47. The maximum absolute atomic E-state index is 12.7. The lowest BCUT2D eigenvalue weighted by molar-refractivity contribution is 0.00587. The van der Waals surface area contributed by atoms with Crippen LogP contribution in [0.25, 0.3) is 10.9 Å². The van der Waals surface area contributed by atoms with Crippen LogP contribution in [0.15, 0.2) is 6.07 Å². The Morgan fingerprint density at radius 2 is 1.96 bits per heavy atom. The van der Waals surface area contributed by atoms with Crippen LogP contribution in [0.1, 0.15) is 36.8 Å². The lowest BCUT2D eigenvalue weighted by atomic mass is 10.1. The molecule has 3 rings (SSSR count). The lowest BCUT2D eigenvalue weighted by Crippen LogP contribution is -2.36. The van der Waals surface area contributed by atoms with Gasteiger partial charge in [-0.3, -0.25) is 0 Å². The maximum Gasteiger partial charge on any atom is 0.355 e. The quantitative estimate of drug-likeness (QED) is 0.603. The first-order chi connectivity index (χ1) is 11.7. The van der Waals surface area contributed by atoms with E-state index in [4.69, 9.17) is 21.1 Å². The Bertz CT molecular complexity index is 817. The molecule has 25 heavy (non-hydrogen) atoms. The highest BCUT2D eigenvalue weighted by atomic mass is 35.5. The van der Waals surface area contributed by atoms with Gasteiger partial charge in [-0.1, -0.05) is 11.6 Å². The van der Waals surface area contributed by atoms with E-state index in [-0.39, 0.29) is 5.97 Å². The summed E-state index contributed by atoms with van der Waals surface area (Å²) in [5.74, 6) is 0.460. The van der Waals surface area contributed by atoms with E-state index in [9.17, 15) is 4.79 Å². The van der Waals surface area contributed by atoms with Crippen molar-refractivity contribution in [1.82, 2.24) is 9.55 Å². The molecule has 0 atom stereocenters. The average molecular weight is 366 g/mol. The highest BCUT2D eigenvalue weighted by Gasteiger charge is 2.27. The summed E-state index contributed by atoms with van der Waals surface area (Å²) < 4.78 is 12.9. The second-order valence-electron chi connectivity index (χ2n) is 7.30. The van der Waals surface area contributed by atoms with Gasteiger partial charge < -0.3 is 18.9 Å². The molecule has 1 saturated heterocycles. The lowest BCUT2D eigenvalue weighted by Gasteiger charge is -2.28. The fourth-order valence-electron chi connectivity index (χ4n) is 3.22. The van der Waals surface area contributed by atoms with Crippen LogP contribution in [-0.2, 0) is 16.5 Å². The first kappa shape index (κ1) is 18.0. The topological polar surface area (TPSA) is 56.6 Å². The summed E-state index contributed by atoms with van der Waals surface area (Å²) in [4.78, 5) is 19.4. The Morgan fingerprint density at radius 3 is 2.56 bits per heavy atom. The highest BCUT2D eigenvalue weighted by molar-refractivity contribution is 6.30. The number of rotatable bonds is 2. The molecule has 0 amide bonds. The smallest absolute Gasteiger partial charge is 0.355 e. The molecule has 0 aromatic carbocycles. The standard InChI is InChI=1S/C18H24ClN3O3/c1-11-14-12(21(5)15(11)17(23)25-18(2,3)4)10-13(19)20-16(14)22-6-8-24-9-7-22/h10H,6-9H2,1-5H3. The Labute approximate surface area is 152 Å². The normalized spacial score (nSPS) is 15.7. The maximum atomic E-state index is 12.7. The van der Waals surface area contributed by atoms with Gasteiger partial charge in [-0.25, -0.2) is 9.78 Å². The van der Waals surface area contributed by atoms with Gasteiger partial charge in [-0.15, -0.1) is 0 Å². The van der Waals surface area contributed by atoms with E-state index in [2.05, 4.69) is 9.88 Å². The molecular formula is C18H24ClN3O3. The van der Waals surface area contributed by atoms with Crippen LogP contribution in [0.2, 0.25) is 5.15 Å². The van der Waals surface area contributed by atoms with Crippen LogP contribution >= 0.6 is 11.6 Å². The molecule has 7 heteroatoms. The first-order valence-electron chi connectivity index (χ1n) is 8.40. The second kappa shape index (κ2) is 6.50. The number of carbonyl (C=O) groups excluding carboxylic acids is 1. The number of aromatic nitrogens is 2. The number of carbonyl (C=O) groups is 1. The van der Waals surface area contributed by atoms with E-state index < -0.39 is 5.60 Å². The van der Waals surface area contributed by atoms with E-state index in [0.29, 0.717) is 24.1 Å². The van der Waals surface area contributed by atoms with Crippen LogP contribution in [0.4, 0.5) is 5.82 Å². The molecule has 0 aliphatic carbocycles. The average Bonchev–Trinajstić information content (AvgIpc) is 2.77. The van der Waals surface area contributed by atoms with Crippen LogP contribution in [0, 0.1) is 6.92 Å². The SMILES string of the molecule is Cc1c(C(=O)OC(C)(C)C)n(C)c2cc(Cl)nc(N3CCOCC3)c12. The van der Waals surface area contributed by atoms with Crippen molar-refractivity contribution in [3.05, 3.63) is 22.5 Å². The molecule has 2 aromatic heterocycles. The third kappa shape index (κ3) is 3.46. The van der Waals surface area contributed by atoms with Gasteiger partial charge in [0.2, 0.25) is 0 Å². The number of nitrogens with zero attached hydrogens (tertiary/aromatic N) is 3. The Morgan fingerprint density at radius 1 is 1.32 bits per heavy atom. The van der Waals surface area contributed by atoms with Crippen LogP contribution in [0.3, 0.4) is 0 Å². The summed E-state index contributed by atoms with van der Waals surface area (Å²) in [5, 5.41) is 1.35. The number of esters is 1. The van der Waals surface area contributed by atoms with Crippen molar-refractivity contribution in [3.8, 4) is 0 Å². The van der Waals surface area contributed by atoms with E-state index in [1.807, 2.05) is 39.3 Å². The first-order valence-corrected chi connectivity index (χ1v) is 8.78. The van der Waals surface area contributed by atoms with Gasteiger partial charge in [0.1, 0.15) is 22.3 Å². The monoisotopic (exact) mass is 365 g/mol. The van der Waals surface area contributed by atoms with Crippen molar-refractivity contribution in [2.24, 2.45) is 7.05 Å². The predicted molar refractivity (Wildman–Crippen MR) is 98.7 cm³/mol. The Balaban J connectivity index is 2.17. The third-order valence-electron chi connectivity index (χ3n) is 4.28. The molecule has 3 heterocycles. The van der Waals surface area contributed by atoms with Gasteiger partial charge in [0, 0.05) is 25.5 Å². The molecule has 2 aromatic rings. The number of halogens is 1. The van der Waals surface area contributed by atoms with Gasteiger partial charge in [0.25, 0.3) is 0 Å². The van der Waals surface area contributed by atoms with Crippen LogP contribution < -0.4 is 4.90 Å². The van der Waals surface area contributed by atoms with Gasteiger partial charge in [0.05, 0.1) is 18.7 Å². The van der Waals surface area contributed by atoms with E-state index >= 15 is 0 Å². The fourth-order valence-corrected chi connectivity index (χ4v) is 3.41. The van der Waals surface area contributed by atoms with Crippen LogP contribution in [-0.4, -0.2) is 47.4 Å². The minimum Gasteiger partial charge on any atom is -0.455 e. The van der Waals surface area contributed by atoms with E-state index in [0.717, 1.165) is 35.4 Å². The zero-order chi connectivity index (χ0) is 18.4. The summed E-state index contributed by atoms with van der Waals surface area (Å²) in [6.45, 7) is 10.3. The van der Waals surface area contributed by atoms with Gasteiger partial charge in [-0.2, -0.15) is 0 Å². The van der Waals surface area contributed by atoms with Crippen molar-refractivity contribution in [2.45, 2.75) is 33.3 Å². The Kier molecular flexibility index (Phi) is 4.68. The van der Waals surface area contributed by atoms with Crippen LogP contribution in [0.5, 0.6) is 0 Å². The number of fused-ring (bicyclic) bond motifs is 1. The number of pyridine rings is 1. The van der Waals surface area contributed by atoms with Gasteiger partial charge in [-0.05, 0) is 39.3 Å². The highest BCUT2D eigenvalue weighted by Crippen LogP contribution is 2.35. The summed E-state index contributed by atoms with van der Waals surface area (Å²) >= 11 is 6.26. The minimum atomic E-state index is -0.553. The van der Waals surface area contributed by atoms with Gasteiger partial charge >= 0.3 is 5.97 Å². The van der Waals surface area contributed by atoms with Gasteiger partial charge in [0.15, 0.2) is 0 Å². The molecular weight excluding hydrogens is 342 g/mol. The number of anilines is 1. The number of morpholine rings is 1. The number of ether oxygens (including phenoxy) is 2. The van der Waals surface area contributed by atoms with E-state index in [1.54, 1.807) is 6.07 Å². The summed E-state index contributed by atoms with van der Waals surface area (Å²) in [7, 11) is 1.86. The second-order valence-corrected chi connectivity index (χ2v) is 7.68. The summed E-state index contributed by atoms with van der Waals surface area (Å²) in [6, 6.07) is 1.79. The molecule has 0 unspecified atom stereocenters. The molecule has 1 aliphatic heterocycles. The molecule has 0 saturated carbocycles. The van der Waals surface area contributed by atoms with Crippen molar-refractivity contribution < 1.29 is 14.3 Å². The molecule has 1 aliphatic rings. The summed E-state index contributed by atoms with van der Waals surface area (Å²) in [6.07, 6.45) is 0. The fraction of sp³-hybridized carbons (Fsp3) is 0.556. The largest absolute Gasteiger partial charge is 0.455 e. The number of hydrogen-bond donors (Lipinski definition) is 0. The van der Waals surface area contributed by atoms with Crippen molar-refractivity contribution in [3.63, 3.8) is 0 Å². The van der Waals surface area contributed by atoms with Crippen molar-refractivity contribution in [1.29, 1.82) is 0 Å². The minimum absolute atomic E-state index is 0.340. The zero-order valence-electron chi connectivity index (χ0n) is 15.4. The summed E-state index contributed by atoms with van der Waals surface area (Å²) in [5.41, 5.74) is 1.71. The number of aryl methyl sites for hydroxylation is 2. The zero-order valence-corrected chi connectivity index (χ0v) is 16.1. The van der Waals surface area contributed by atoms with Crippen molar-refractivity contribution in [2.75, 3.05) is 31.2 Å². The molecule has 0 spiro atoms. The molecule has 0 bridgehead atoms. The molecule has 136 valence electrons. The predicted octanol–water partition coefficient (Wildman–Crippen LogP) is 3.33. The molecule has 0 radical (unpaired) electrons. The molecule has 6 nitrogen and oxygen atoms in total. The van der Waals surface area contributed by atoms with E-state index in [1.165, 1.54) is 0 Å². The Hall–Kier alpha value is -1.79.